The minimum atomic E-state index is -0.522. The van der Waals surface area contributed by atoms with Crippen LogP contribution in [0.15, 0.2) is 10.7 Å². The van der Waals surface area contributed by atoms with Gasteiger partial charge in [0.25, 0.3) is 0 Å². The largest absolute Gasteiger partial charge is 0.413 e. The van der Waals surface area contributed by atoms with Crippen LogP contribution in [-0.4, -0.2) is 16.6 Å². The van der Waals surface area contributed by atoms with Crippen molar-refractivity contribution in [1.82, 2.24) is 10.3 Å². The number of nitrogens with one attached hydrogen (secondary N) is 1. The Balaban J connectivity index is 2.83. The molecule has 0 radical (unpaired) electrons. The number of rotatable bonds is 1. The van der Waals surface area contributed by atoms with Crippen LogP contribution in [0.3, 0.4) is 0 Å². The summed E-state index contributed by atoms with van der Waals surface area (Å²) in [4.78, 5) is 15.5. The van der Waals surface area contributed by atoms with E-state index >= 15 is 0 Å². The molecule has 7 heteroatoms. The Labute approximate surface area is 127 Å². The number of aromatic nitrogens is 1. The Morgan fingerprint density at radius 3 is 2.71 bits per heavy atom. The molecule has 0 unspecified atom stereocenters. The normalized spacial score (nSPS) is 11.2. The fraction of sp³-hybridized carbons (Fsp3) is 0.400. The minimum absolute atomic E-state index is 0.331. The molecule has 0 atom stereocenters. The van der Waals surface area contributed by atoms with Crippen molar-refractivity contribution in [3.63, 3.8) is 0 Å². The first-order valence-electron chi connectivity index (χ1n) is 4.70. The third-order valence-electron chi connectivity index (χ3n) is 1.57. The summed E-state index contributed by atoms with van der Waals surface area (Å²) in [7, 11) is 0. The van der Waals surface area contributed by atoms with Crippen molar-refractivity contribution in [2.24, 2.45) is 0 Å². The van der Waals surface area contributed by atoms with Crippen molar-refractivity contribution in [2.75, 3.05) is 0 Å². The number of carbonyl (C=O) groups excluding carboxylic acids is 1. The minimum Gasteiger partial charge on any atom is -0.407 e. The third kappa shape index (κ3) is 4.59. The lowest BCUT2D eigenvalue weighted by Crippen LogP contribution is -2.42. The smallest absolute Gasteiger partial charge is 0.407 e. The molecule has 1 amide bonds. The molecule has 1 heterocycles. The second-order valence-corrected chi connectivity index (χ2v) is 6.54. The van der Waals surface area contributed by atoms with Gasteiger partial charge in [0.15, 0.2) is 5.75 Å². The van der Waals surface area contributed by atoms with E-state index in [-0.39, 0.29) is 5.54 Å². The molecule has 0 aliphatic carbocycles. The Hall–Kier alpha value is -0.0800. The van der Waals surface area contributed by atoms with Crippen molar-refractivity contribution < 1.29 is 9.53 Å². The summed E-state index contributed by atoms with van der Waals surface area (Å²) < 4.78 is 6.46. The quantitative estimate of drug-likeness (QED) is 0.538. The van der Waals surface area contributed by atoms with Crippen LogP contribution in [-0.2, 0) is 0 Å². The topological polar surface area (TPSA) is 51.2 Å². The fourth-order valence-electron chi connectivity index (χ4n) is 0.930. The van der Waals surface area contributed by atoms with Crippen LogP contribution in [0.5, 0.6) is 5.75 Å². The number of hydrogen-bond acceptors (Lipinski definition) is 3. The van der Waals surface area contributed by atoms with Crippen molar-refractivity contribution in [1.29, 1.82) is 0 Å². The summed E-state index contributed by atoms with van der Waals surface area (Å²) >= 11 is 11.1. The number of halogens is 3. The van der Waals surface area contributed by atoms with Gasteiger partial charge in [-0.1, -0.05) is 11.6 Å². The van der Waals surface area contributed by atoms with Gasteiger partial charge in [-0.25, -0.2) is 9.78 Å². The molecule has 17 heavy (non-hydrogen) atoms. The molecule has 4 nitrogen and oxygen atoms in total. The molecule has 0 saturated carbocycles. The third-order valence-corrected chi connectivity index (χ3v) is 4.66. The van der Waals surface area contributed by atoms with Gasteiger partial charge in [-0.3, -0.25) is 0 Å². The van der Waals surface area contributed by atoms with Gasteiger partial charge in [-0.05, 0) is 59.3 Å². The summed E-state index contributed by atoms with van der Waals surface area (Å²) in [5.74, 6) is 0.364. The van der Waals surface area contributed by atoms with E-state index in [1.54, 1.807) is 0 Å². The predicted octanol–water partition coefficient (Wildman–Crippen LogP) is 3.99. The summed E-state index contributed by atoms with van der Waals surface area (Å²) in [6, 6.07) is 0. The monoisotopic (exact) mass is 432 g/mol. The van der Waals surface area contributed by atoms with Crippen LogP contribution in [0.2, 0.25) is 5.15 Å². The highest BCUT2D eigenvalue weighted by Gasteiger charge is 2.18. The Kier molecular flexibility index (Phi) is 5.03. The lowest BCUT2D eigenvalue weighted by Gasteiger charge is -2.20. The van der Waals surface area contributed by atoms with Crippen LogP contribution in [0, 0.1) is 3.57 Å². The Morgan fingerprint density at radius 2 is 2.18 bits per heavy atom. The molecular weight excluding hydrogens is 422 g/mol. The zero-order valence-electron chi connectivity index (χ0n) is 9.47. The molecule has 1 aromatic rings. The predicted molar refractivity (Wildman–Crippen MR) is 78.6 cm³/mol. The number of amides is 1. The van der Waals surface area contributed by atoms with Crippen LogP contribution in [0.1, 0.15) is 20.8 Å². The van der Waals surface area contributed by atoms with Gasteiger partial charge in [0.05, 0.1) is 14.2 Å². The van der Waals surface area contributed by atoms with Gasteiger partial charge in [0.2, 0.25) is 0 Å². The molecule has 0 spiro atoms. The van der Waals surface area contributed by atoms with Crippen molar-refractivity contribution >= 4 is 56.2 Å². The van der Waals surface area contributed by atoms with Gasteiger partial charge < -0.3 is 10.1 Å². The number of nitrogens with zero attached hydrogens (tertiary/aromatic N) is 1. The molecule has 0 aromatic carbocycles. The van der Waals surface area contributed by atoms with Crippen molar-refractivity contribution in [2.45, 2.75) is 26.3 Å². The van der Waals surface area contributed by atoms with Crippen LogP contribution in [0.25, 0.3) is 0 Å². The first kappa shape index (κ1) is 15.0. The van der Waals surface area contributed by atoms with E-state index in [4.69, 9.17) is 16.3 Å². The molecule has 0 aliphatic heterocycles. The lowest BCUT2D eigenvalue weighted by molar-refractivity contribution is 0.190. The number of pyridine rings is 1. The zero-order valence-corrected chi connectivity index (χ0v) is 14.0. The van der Waals surface area contributed by atoms with Gasteiger partial charge in [-0.15, -0.1) is 0 Å². The second-order valence-electron chi connectivity index (χ2n) is 4.31. The zero-order chi connectivity index (χ0) is 13.2. The molecule has 1 aromatic heterocycles. The van der Waals surface area contributed by atoms with Gasteiger partial charge in [0, 0.05) is 5.54 Å². The highest BCUT2D eigenvalue weighted by Crippen LogP contribution is 2.32. The molecule has 94 valence electrons. The molecule has 0 aliphatic rings. The summed E-state index contributed by atoms with van der Waals surface area (Å²) in [6.07, 6.45) is 0.892. The van der Waals surface area contributed by atoms with E-state index in [2.05, 4.69) is 26.2 Å². The number of hydrogen-bond donors (Lipinski definition) is 1. The van der Waals surface area contributed by atoms with Gasteiger partial charge >= 0.3 is 6.09 Å². The van der Waals surface area contributed by atoms with E-state index in [9.17, 15) is 4.79 Å². The van der Waals surface area contributed by atoms with Crippen molar-refractivity contribution in [3.05, 3.63) is 19.4 Å². The van der Waals surface area contributed by atoms with E-state index in [1.807, 2.05) is 43.4 Å². The van der Waals surface area contributed by atoms with Gasteiger partial charge in [0.1, 0.15) is 5.15 Å². The lowest BCUT2D eigenvalue weighted by atomic mass is 10.1. The molecule has 0 bridgehead atoms. The van der Waals surface area contributed by atoms with Gasteiger partial charge in [-0.2, -0.15) is 0 Å². The number of ether oxygens (including phenoxy) is 1. The Morgan fingerprint density at radius 1 is 1.59 bits per heavy atom. The molecule has 0 saturated heterocycles. The SMILES string of the molecule is CC(C)(C)NC(=O)Oc1cnc(Cl)c(Br)c1I. The molecule has 1 rings (SSSR count). The molecular formula is C10H11BrClIN2O2. The number of carbonyl (C=O) groups is 1. The van der Waals surface area contributed by atoms with Crippen LogP contribution in [0.4, 0.5) is 4.79 Å². The van der Waals surface area contributed by atoms with Crippen LogP contribution >= 0.6 is 50.1 Å². The average Bonchev–Trinajstić information content (AvgIpc) is 2.16. The van der Waals surface area contributed by atoms with E-state index < -0.39 is 6.09 Å². The fourth-order valence-corrected chi connectivity index (χ4v) is 2.04. The summed E-state index contributed by atoms with van der Waals surface area (Å²) in [6.45, 7) is 5.61. The maximum absolute atomic E-state index is 11.6. The summed E-state index contributed by atoms with van der Waals surface area (Å²) in [5, 5.41) is 3.02. The van der Waals surface area contributed by atoms with E-state index in [0.717, 1.165) is 0 Å². The maximum atomic E-state index is 11.6. The van der Waals surface area contributed by atoms with Crippen molar-refractivity contribution in [3.8, 4) is 5.75 Å². The first-order chi connectivity index (χ1) is 7.70. The first-order valence-corrected chi connectivity index (χ1v) is 6.95. The standard InChI is InChI=1S/C10H11BrClIN2O2/c1-10(2,3)15-9(16)17-5-4-14-8(12)6(11)7(5)13/h4H,1-3H3,(H,15,16). The molecule has 1 N–H and O–H groups in total. The van der Waals surface area contributed by atoms with E-state index in [1.165, 1.54) is 6.20 Å². The Bertz CT molecular complexity index is 449. The highest BCUT2D eigenvalue weighted by atomic mass is 127. The highest BCUT2D eigenvalue weighted by molar-refractivity contribution is 14.1. The van der Waals surface area contributed by atoms with E-state index in [0.29, 0.717) is 18.9 Å². The average molecular weight is 433 g/mol. The van der Waals surface area contributed by atoms with Crippen LogP contribution < -0.4 is 10.1 Å². The maximum Gasteiger partial charge on any atom is 0.413 e. The second kappa shape index (κ2) is 5.71. The summed E-state index contributed by atoms with van der Waals surface area (Å²) in [5.41, 5.74) is -0.348. The molecule has 0 fully saturated rings.